The number of carbonyl (C=O) groups is 2. The summed E-state index contributed by atoms with van der Waals surface area (Å²) in [5.41, 5.74) is 1.55. The minimum Gasteiger partial charge on any atom is -0.497 e. The molecule has 0 atom stereocenters. The van der Waals surface area contributed by atoms with Crippen molar-refractivity contribution in [1.82, 2.24) is 9.80 Å². The third-order valence-corrected chi connectivity index (χ3v) is 7.26. The third-order valence-electron chi connectivity index (χ3n) is 6.40. The topological polar surface area (TPSA) is 89.6 Å². The zero-order chi connectivity index (χ0) is 28.9. The Morgan fingerprint density at radius 3 is 2.17 bits per heavy atom. The molecule has 10 heteroatoms. The Bertz CT molecular complexity index is 1210. The van der Waals surface area contributed by atoms with Gasteiger partial charge in [0.25, 0.3) is 0 Å². The van der Waals surface area contributed by atoms with Crippen molar-refractivity contribution in [3.05, 3.63) is 64.4 Å². The maximum absolute atomic E-state index is 13.7. The van der Waals surface area contributed by atoms with E-state index in [9.17, 15) is 9.59 Å². The number of urea groups is 1. The minimum absolute atomic E-state index is 0.0375. The molecule has 40 heavy (non-hydrogen) atoms. The number of benzene rings is 2. The molecule has 2 aromatic carbocycles. The van der Waals surface area contributed by atoms with Gasteiger partial charge in [0.05, 0.1) is 35.0 Å². The van der Waals surface area contributed by atoms with Gasteiger partial charge in [-0.2, -0.15) is 0 Å². The van der Waals surface area contributed by atoms with Gasteiger partial charge < -0.3 is 34.1 Å². The lowest BCUT2D eigenvalue weighted by molar-refractivity contribution is -0.132. The summed E-state index contributed by atoms with van der Waals surface area (Å²) in [4.78, 5) is 31.5. The maximum Gasteiger partial charge on any atom is 0.322 e. The summed E-state index contributed by atoms with van der Waals surface area (Å²) in [6.07, 6.45) is 2.30. The average Bonchev–Trinajstić information content (AvgIpc) is 3.49. The fourth-order valence-corrected chi connectivity index (χ4v) is 4.85. The highest BCUT2D eigenvalue weighted by Crippen LogP contribution is 2.28. The van der Waals surface area contributed by atoms with E-state index in [0.717, 1.165) is 23.3 Å². The quantitative estimate of drug-likeness (QED) is 0.253. The Morgan fingerprint density at radius 1 is 0.850 bits per heavy atom. The van der Waals surface area contributed by atoms with Crippen LogP contribution in [0, 0.1) is 0 Å². The first kappa shape index (κ1) is 30.6. The van der Waals surface area contributed by atoms with Gasteiger partial charge in [-0.25, -0.2) is 4.79 Å². The Balaban J connectivity index is 1.76. The number of nitrogens with zero attached hydrogens (tertiary/aromatic N) is 2. The SMILES string of the molecule is CCCCN(CC(=O)N(CCc1ccc(OC)c(OC)c1)Cc1cccs1)C(=O)Nc1cc(OC)cc(OC)c1. The van der Waals surface area contributed by atoms with Crippen LogP contribution in [-0.4, -0.2) is 69.8 Å². The second-order valence-corrected chi connectivity index (χ2v) is 10.2. The van der Waals surface area contributed by atoms with Crippen LogP contribution in [0.5, 0.6) is 23.0 Å². The van der Waals surface area contributed by atoms with Crippen LogP contribution in [0.25, 0.3) is 0 Å². The van der Waals surface area contributed by atoms with Crippen molar-refractivity contribution in [2.24, 2.45) is 0 Å². The first-order valence-corrected chi connectivity index (χ1v) is 14.1. The molecule has 0 radical (unpaired) electrons. The molecule has 9 nitrogen and oxygen atoms in total. The number of amides is 3. The first-order chi connectivity index (χ1) is 19.4. The van der Waals surface area contributed by atoms with Crippen molar-refractivity contribution in [3.63, 3.8) is 0 Å². The third kappa shape index (κ3) is 8.81. The molecule has 0 spiro atoms. The molecule has 3 amide bonds. The number of nitrogens with one attached hydrogen (secondary N) is 1. The zero-order valence-corrected chi connectivity index (χ0v) is 24.7. The summed E-state index contributed by atoms with van der Waals surface area (Å²) >= 11 is 1.60. The van der Waals surface area contributed by atoms with Gasteiger partial charge in [0.15, 0.2) is 11.5 Å². The van der Waals surface area contributed by atoms with E-state index in [1.165, 1.54) is 0 Å². The van der Waals surface area contributed by atoms with Gasteiger partial charge in [0.2, 0.25) is 5.91 Å². The smallest absolute Gasteiger partial charge is 0.322 e. The molecule has 0 bridgehead atoms. The summed E-state index contributed by atoms with van der Waals surface area (Å²) in [6, 6.07) is 14.6. The molecule has 1 heterocycles. The summed E-state index contributed by atoms with van der Waals surface area (Å²) in [6.45, 7) is 3.43. The van der Waals surface area contributed by atoms with Gasteiger partial charge in [-0.15, -0.1) is 11.3 Å². The molecule has 0 saturated heterocycles. The number of methoxy groups -OCH3 is 4. The first-order valence-electron chi connectivity index (χ1n) is 13.2. The number of ether oxygens (including phenoxy) is 4. The molecule has 216 valence electrons. The van der Waals surface area contributed by atoms with Crippen LogP contribution in [-0.2, 0) is 17.8 Å². The number of rotatable bonds is 15. The predicted molar refractivity (Wildman–Crippen MR) is 158 cm³/mol. The highest BCUT2D eigenvalue weighted by atomic mass is 32.1. The molecule has 0 fully saturated rings. The van der Waals surface area contributed by atoms with Gasteiger partial charge >= 0.3 is 6.03 Å². The van der Waals surface area contributed by atoms with Gasteiger partial charge in [0, 0.05) is 41.9 Å². The minimum atomic E-state index is -0.354. The normalized spacial score (nSPS) is 10.5. The van der Waals surface area contributed by atoms with E-state index >= 15 is 0 Å². The van der Waals surface area contributed by atoms with Crippen molar-refractivity contribution in [3.8, 4) is 23.0 Å². The summed E-state index contributed by atoms with van der Waals surface area (Å²) in [5, 5.41) is 4.90. The van der Waals surface area contributed by atoms with E-state index in [1.807, 2.05) is 40.6 Å². The van der Waals surface area contributed by atoms with Crippen LogP contribution < -0.4 is 24.3 Å². The molecule has 0 aliphatic carbocycles. The molecule has 1 aromatic heterocycles. The lowest BCUT2D eigenvalue weighted by Crippen LogP contribution is -2.45. The molecular weight excluding hydrogens is 530 g/mol. The largest absolute Gasteiger partial charge is 0.497 e. The van der Waals surface area contributed by atoms with Gasteiger partial charge in [-0.3, -0.25) is 4.79 Å². The molecule has 0 saturated carbocycles. The number of anilines is 1. The molecule has 0 aliphatic heterocycles. The second kappa shape index (κ2) is 15.6. The summed E-state index contributed by atoms with van der Waals surface area (Å²) < 4.78 is 21.4. The molecule has 0 aliphatic rings. The fourth-order valence-electron chi connectivity index (χ4n) is 4.13. The van der Waals surface area contributed by atoms with Crippen molar-refractivity contribution in [2.75, 3.05) is 53.4 Å². The predicted octanol–water partition coefficient (Wildman–Crippen LogP) is 5.69. The van der Waals surface area contributed by atoms with Gasteiger partial charge in [-0.05, 0) is 42.0 Å². The number of unbranched alkanes of at least 4 members (excludes halogenated alkanes) is 1. The van der Waals surface area contributed by atoms with Crippen LogP contribution in [0.4, 0.5) is 10.5 Å². The van der Waals surface area contributed by atoms with E-state index < -0.39 is 0 Å². The Morgan fingerprint density at radius 2 is 1.57 bits per heavy atom. The fraction of sp³-hybridized carbons (Fsp3) is 0.400. The average molecular weight is 570 g/mol. The van der Waals surface area contributed by atoms with Crippen LogP contribution in [0.2, 0.25) is 0 Å². The molecular formula is C30H39N3O6S. The van der Waals surface area contributed by atoms with E-state index in [-0.39, 0.29) is 18.5 Å². The van der Waals surface area contributed by atoms with E-state index in [0.29, 0.717) is 54.7 Å². The number of thiophene rings is 1. The Labute approximate surface area is 240 Å². The summed E-state index contributed by atoms with van der Waals surface area (Å²) in [7, 11) is 6.31. The van der Waals surface area contributed by atoms with Crippen LogP contribution in [0.15, 0.2) is 53.9 Å². The van der Waals surface area contributed by atoms with Crippen molar-refractivity contribution in [1.29, 1.82) is 0 Å². The van der Waals surface area contributed by atoms with E-state index in [1.54, 1.807) is 62.9 Å². The highest BCUT2D eigenvalue weighted by Gasteiger charge is 2.22. The lowest BCUT2D eigenvalue weighted by Gasteiger charge is -2.28. The monoisotopic (exact) mass is 569 g/mol. The maximum atomic E-state index is 13.7. The van der Waals surface area contributed by atoms with E-state index in [2.05, 4.69) is 12.2 Å². The van der Waals surface area contributed by atoms with Crippen molar-refractivity contribution < 1.29 is 28.5 Å². The number of carbonyl (C=O) groups excluding carboxylic acids is 2. The van der Waals surface area contributed by atoms with Gasteiger partial charge in [-0.1, -0.05) is 25.5 Å². The highest BCUT2D eigenvalue weighted by molar-refractivity contribution is 7.09. The van der Waals surface area contributed by atoms with Crippen LogP contribution in [0.1, 0.15) is 30.2 Å². The Hall–Kier alpha value is -3.92. The zero-order valence-electron chi connectivity index (χ0n) is 23.9. The van der Waals surface area contributed by atoms with Crippen molar-refractivity contribution >= 4 is 29.0 Å². The number of hydrogen-bond donors (Lipinski definition) is 1. The lowest BCUT2D eigenvalue weighted by atomic mass is 10.1. The van der Waals surface area contributed by atoms with Crippen LogP contribution in [0.3, 0.4) is 0 Å². The standard InChI is InChI=1S/C30H39N3O6S/c1-6-7-13-33(30(35)31-23-17-24(36-2)19-25(18-23)37-3)21-29(34)32(20-26-9-8-15-40-26)14-12-22-10-11-27(38-4)28(16-22)39-5/h8-11,15-19H,6-7,12-14,20-21H2,1-5H3,(H,31,35). The van der Waals surface area contributed by atoms with Crippen molar-refractivity contribution in [2.45, 2.75) is 32.7 Å². The molecule has 3 aromatic rings. The summed E-state index contributed by atoms with van der Waals surface area (Å²) in [5.74, 6) is 2.30. The molecule has 3 rings (SSSR count). The number of hydrogen-bond acceptors (Lipinski definition) is 7. The van der Waals surface area contributed by atoms with Gasteiger partial charge in [0.1, 0.15) is 18.0 Å². The molecule has 1 N–H and O–H groups in total. The molecule has 0 unspecified atom stereocenters. The Kier molecular flexibility index (Phi) is 12.0. The second-order valence-electron chi connectivity index (χ2n) is 9.14. The van der Waals surface area contributed by atoms with Crippen LogP contribution >= 0.6 is 11.3 Å². The van der Waals surface area contributed by atoms with E-state index in [4.69, 9.17) is 18.9 Å².